The summed E-state index contributed by atoms with van der Waals surface area (Å²) in [6, 6.07) is 0.474. The van der Waals surface area contributed by atoms with Gasteiger partial charge in [-0.3, -0.25) is 4.99 Å². The van der Waals surface area contributed by atoms with Crippen LogP contribution in [0.4, 0.5) is 4.79 Å². The molecule has 3 aliphatic rings. The molecule has 1 amide bonds. The van der Waals surface area contributed by atoms with Crippen molar-refractivity contribution in [3.05, 3.63) is 0 Å². The van der Waals surface area contributed by atoms with Gasteiger partial charge in [-0.05, 0) is 59.3 Å². The molecule has 3 rings (SSSR count). The quantitative estimate of drug-likeness (QED) is 0.359. The van der Waals surface area contributed by atoms with E-state index in [0.717, 1.165) is 44.6 Å². The zero-order valence-corrected chi connectivity index (χ0v) is 19.3. The Bertz CT molecular complexity index is 538. The Labute approximate surface area is 180 Å². The second-order valence-electron chi connectivity index (χ2n) is 8.64. The number of hydrogen-bond donors (Lipinski definition) is 2. The molecule has 4 unspecified atom stereocenters. The SMILES string of the molecule is CN=C(NCC1CCCCN1C(=O)OC(C)(C)C)NC1CC2CCC1O2.I. The topological polar surface area (TPSA) is 75.2 Å². The van der Waals surface area contributed by atoms with Gasteiger partial charge in [0.15, 0.2) is 5.96 Å². The normalized spacial score (nSPS) is 30.7. The third kappa shape index (κ3) is 6.10. The van der Waals surface area contributed by atoms with Gasteiger partial charge in [-0.1, -0.05) is 0 Å². The van der Waals surface area contributed by atoms with E-state index in [1.54, 1.807) is 7.05 Å². The Balaban J connectivity index is 0.00000261. The van der Waals surface area contributed by atoms with E-state index in [1.165, 1.54) is 6.42 Å². The number of piperidine rings is 1. The summed E-state index contributed by atoms with van der Waals surface area (Å²) in [6.45, 7) is 7.16. The molecule has 0 aromatic rings. The van der Waals surface area contributed by atoms with E-state index >= 15 is 0 Å². The Morgan fingerprint density at radius 2 is 2.04 bits per heavy atom. The predicted octanol–water partition coefficient (Wildman–Crippen LogP) is 2.88. The molecule has 8 heteroatoms. The van der Waals surface area contributed by atoms with E-state index in [0.29, 0.717) is 24.8 Å². The summed E-state index contributed by atoms with van der Waals surface area (Å²) >= 11 is 0. The number of aliphatic imine (C=N–C) groups is 1. The van der Waals surface area contributed by atoms with Crippen molar-refractivity contribution < 1.29 is 14.3 Å². The summed E-state index contributed by atoms with van der Waals surface area (Å²) in [7, 11) is 1.79. The number of fused-ring (bicyclic) bond motifs is 2. The molecular weight excluding hydrogens is 459 g/mol. The molecular formula is C19H35IN4O3. The maximum Gasteiger partial charge on any atom is 0.410 e. The van der Waals surface area contributed by atoms with E-state index in [4.69, 9.17) is 9.47 Å². The van der Waals surface area contributed by atoms with Gasteiger partial charge in [0, 0.05) is 20.1 Å². The number of ether oxygens (including phenoxy) is 2. The second kappa shape index (κ2) is 9.62. The fourth-order valence-electron chi connectivity index (χ4n) is 4.15. The van der Waals surface area contributed by atoms with Gasteiger partial charge in [-0.2, -0.15) is 0 Å². The van der Waals surface area contributed by atoms with Crippen LogP contribution in [0.15, 0.2) is 4.99 Å². The molecule has 27 heavy (non-hydrogen) atoms. The molecule has 2 bridgehead atoms. The predicted molar refractivity (Wildman–Crippen MR) is 117 cm³/mol. The summed E-state index contributed by atoms with van der Waals surface area (Å²) in [5.74, 6) is 0.792. The molecule has 0 spiro atoms. The number of halogens is 1. The third-order valence-electron chi connectivity index (χ3n) is 5.41. The second-order valence-corrected chi connectivity index (χ2v) is 8.64. The zero-order chi connectivity index (χ0) is 18.7. The van der Waals surface area contributed by atoms with E-state index in [-0.39, 0.29) is 36.1 Å². The van der Waals surface area contributed by atoms with Crippen molar-refractivity contribution in [2.24, 2.45) is 4.99 Å². The van der Waals surface area contributed by atoms with Crippen LogP contribution in [0.25, 0.3) is 0 Å². The van der Waals surface area contributed by atoms with Crippen molar-refractivity contribution in [3.8, 4) is 0 Å². The lowest BCUT2D eigenvalue weighted by Gasteiger charge is -2.37. The standard InChI is InChI=1S/C19H34N4O3.HI/c1-19(2,3)26-18(24)23-10-6-5-7-13(23)12-21-17(20-4)22-15-11-14-8-9-16(15)25-14;/h13-16H,5-12H2,1-4H3,(H2,20,21,22);1H. The van der Waals surface area contributed by atoms with E-state index < -0.39 is 5.60 Å². The molecule has 0 aromatic carbocycles. The van der Waals surface area contributed by atoms with Gasteiger partial charge in [0.1, 0.15) is 5.60 Å². The number of rotatable bonds is 3. The fraction of sp³-hybridized carbons (Fsp3) is 0.895. The number of guanidine groups is 1. The van der Waals surface area contributed by atoms with Crippen LogP contribution >= 0.6 is 24.0 Å². The molecule has 2 N–H and O–H groups in total. The molecule has 0 radical (unpaired) electrons. The average Bonchev–Trinajstić information content (AvgIpc) is 3.20. The maximum absolute atomic E-state index is 12.5. The molecule has 4 atom stereocenters. The lowest BCUT2D eigenvalue weighted by atomic mass is 9.96. The van der Waals surface area contributed by atoms with Crippen LogP contribution in [0.1, 0.15) is 59.3 Å². The van der Waals surface area contributed by atoms with Crippen LogP contribution in [0.5, 0.6) is 0 Å². The lowest BCUT2D eigenvalue weighted by molar-refractivity contribution is 0.0104. The first kappa shape index (κ1) is 22.5. The Hall–Kier alpha value is -0.770. The van der Waals surface area contributed by atoms with Gasteiger partial charge in [-0.15, -0.1) is 24.0 Å². The Morgan fingerprint density at radius 3 is 2.63 bits per heavy atom. The van der Waals surface area contributed by atoms with Crippen molar-refractivity contribution in [3.63, 3.8) is 0 Å². The van der Waals surface area contributed by atoms with Crippen LogP contribution in [-0.4, -0.2) is 67.0 Å². The molecule has 7 nitrogen and oxygen atoms in total. The van der Waals surface area contributed by atoms with Gasteiger partial charge >= 0.3 is 6.09 Å². The lowest BCUT2D eigenvalue weighted by Crippen LogP contribution is -2.54. The van der Waals surface area contributed by atoms with Crippen LogP contribution in [0, 0.1) is 0 Å². The van der Waals surface area contributed by atoms with Crippen LogP contribution in [-0.2, 0) is 9.47 Å². The molecule has 3 saturated heterocycles. The van der Waals surface area contributed by atoms with Crippen LogP contribution in [0.2, 0.25) is 0 Å². The first-order valence-corrected chi connectivity index (χ1v) is 9.98. The van der Waals surface area contributed by atoms with Gasteiger partial charge in [0.2, 0.25) is 0 Å². The van der Waals surface area contributed by atoms with Crippen LogP contribution in [0.3, 0.4) is 0 Å². The highest BCUT2D eigenvalue weighted by Crippen LogP contribution is 2.34. The number of hydrogen-bond acceptors (Lipinski definition) is 4. The van der Waals surface area contributed by atoms with E-state index in [1.807, 2.05) is 25.7 Å². The number of carbonyl (C=O) groups is 1. The molecule has 0 aromatic heterocycles. The number of nitrogens with one attached hydrogen (secondary N) is 2. The minimum atomic E-state index is -0.466. The number of likely N-dealkylation sites (tertiary alicyclic amines) is 1. The molecule has 156 valence electrons. The highest BCUT2D eigenvalue weighted by atomic mass is 127. The first-order chi connectivity index (χ1) is 12.4. The number of nitrogens with zero attached hydrogens (tertiary/aromatic N) is 2. The van der Waals surface area contributed by atoms with E-state index in [2.05, 4.69) is 15.6 Å². The minimum Gasteiger partial charge on any atom is -0.444 e. The first-order valence-electron chi connectivity index (χ1n) is 9.98. The number of amides is 1. The summed E-state index contributed by atoms with van der Waals surface area (Å²) in [5, 5.41) is 6.91. The van der Waals surface area contributed by atoms with Crippen molar-refractivity contribution in [1.82, 2.24) is 15.5 Å². The summed E-state index contributed by atoms with van der Waals surface area (Å²) in [5.41, 5.74) is -0.466. The van der Waals surface area contributed by atoms with Gasteiger partial charge < -0.3 is 25.0 Å². The van der Waals surface area contributed by atoms with Crippen molar-refractivity contribution in [2.75, 3.05) is 20.1 Å². The minimum absolute atomic E-state index is 0. The highest BCUT2D eigenvalue weighted by molar-refractivity contribution is 14.0. The van der Waals surface area contributed by atoms with Crippen molar-refractivity contribution in [1.29, 1.82) is 0 Å². The smallest absolute Gasteiger partial charge is 0.410 e. The molecule has 3 fully saturated rings. The maximum atomic E-state index is 12.5. The summed E-state index contributed by atoms with van der Waals surface area (Å²) < 4.78 is 11.5. The van der Waals surface area contributed by atoms with Crippen molar-refractivity contribution >= 4 is 36.0 Å². The highest BCUT2D eigenvalue weighted by Gasteiger charge is 2.41. The average molecular weight is 494 g/mol. The number of carbonyl (C=O) groups excluding carboxylic acids is 1. The van der Waals surface area contributed by atoms with Crippen LogP contribution < -0.4 is 10.6 Å². The Morgan fingerprint density at radius 1 is 1.26 bits per heavy atom. The third-order valence-corrected chi connectivity index (χ3v) is 5.41. The van der Waals surface area contributed by atoms with Gasteiger partial charge in [0.25, 0.3) is 0 Å². The molecule has 3 heterocycles. The fourth-order valence-corrected chi connectivity index (χ4v) is 4.15. The van der Waals surface area contributed by atoms with Gasteiger partial charge in [0.05, 0.1) is 24.3 Å². The zero-order valence-electron chi connectivity index (χ0n) is 17.0. The monoisotopic (exact) mass is 494 g/mol. The Kier molecular flexibility index (Phi) is 8.03. The largest absolute Gasteiger partial charge is 0.444 e. The summed E-state index contributed by atoms with van der Waals surface area (Å²) in [4.78, 5) is 18.7. The summed E-state index contributed by atoms with van der Waals surface area (Å²) in [6.07, 6.45) is 7.04. The molecule has 3 aliphatic heterocycles. The van der Waals surface area contributed by atoms with Gasteiger partial charge in [-0.25, -0.2) is 4.79 Å². The molecule has 0 saturated carbocycles. The van der Waals surface area contributed by atoms with Crippen molar-refractivity contribution in [2.45, 2.75) is 89.2 Å². The molecule has 0 aliphatic carbocycles. The van der Waals surface area contributed by atoms with E-state index in [9.17, 15) is 4.79 Å².